The molecule has 0 aliphatic rings. The van der Waals surface area contributed by atoms with E-state index in [1.54, 1.807) is 18.2 Å². The Kier molecular flexibility index (Phi) is 3.95. The number of halogens is 2. The van der Waals surface area contributed by atoms with E-state index in [9.17, 15) is 4.39 Å². The number of hydrogen-bond donors (Lipinski definition) is 1. The number of nitrogens with zero attached hydrogens (tertiary/aromatic N) is 1. The third-order valence-electron chi connectivity index (χ3n) is 3.64. The second-order valence-corrected chi connectivity index (χ2v) is 5.50. The van der Waals surface area contributed by atoms with E-state index in [1.165, 1.54) is 5.56 Å². The van der Waals surface area contributed by atoms with E-state index >= 15 is 0 Å². The predicted octanol–water partition coefficient (Wildman–Crippen LogP) is 3.98. The Hall–Kier alpha value is -1.84. The van der Waals surface area contributed by atoms with Gasteiger partial charge >= 0.3 is 0 Å². The summed E-state index contributed by atoms with van der Waals surface area (Å²) in [7, 11) is 0. The van der Waals surface area contributed by atoms with Crippen molar-refractivity contribution in [3.63, 3.8) is 0 Å². The highest BCUT2D eigenvalue weighted by Crippen LogP contribution is 2.22. The maximum Gasteiger partial charge on any atom is 0.146 e. The van der Waals surface area contributed by atoms with Crippen molar-refractivity contribution in [3.05, 3.63) is 70.6 Å². The highest BCUT2D eigenvalue weighted by molar-refractivity contribution is 6.30. The largest absolute Gasteiger partial charge is 0.343 e. The van der Waals surface area contributed by atoms with Crippen LogP contribution in [0.1, 0.15) is 11.1 Å². The molecule has 1 aromatic heterocycles. The number of rotatable bonds is 4. The molecule has 2 nitrogen and oxygen atoms in total. The number of hydrogen-bond acceptors (Lipinski definition) is 1. The Labute approximate surface area is 127 Å². The Morgan fingerprint density at radius 3 is 2.81 bits per heavy atom. The normalized spacial score (nSPS) is 11.2. The number of benzene rings is 2. The van der Waals surface area contributed by atoms with E-state index in [1.807, 2.05) is 16.8 Å². The lowest BCUT2D eigenvalue weighted by molar-refractivity contribution is 0.602. The van der Waals surface area contributed by atoms with E-state index in [0.717, 1.165) is 17.3 Å². The van der Waals surface area contributed by atoms with E-state index in [4.69, 9.17) is 17.3 Å². The third-order valence-corrected chi connectivity index (χ3v) is 3.93. The minimum Gasteiger partial charge on any atom is -0.343 e. The lowest BCUT2D eigenvalue weighted by Gasteiger charge is -2.08. The molecule has 0 fully saturated rings. The van der Waals surface area contributed by atoms with Crippen LogP contribution in [-0.2, 0) is 13.0 Å². The van der Waals surface area contributed by atoms with Crippen molar-refractivity contribution >= 4 is 22.5 Å². The first-order valence-corrected chi connectivity index (χ1v) is 7.27. The molecule has 2 N–H and O–H groups in total. The maximum absolute atomic E-state index is 14.0. The van der Waals surface area contributed by atoms with Crippen LogP contribution in [0.2, 0.25) is 5.02 Å². The molecule has 0 aliphatic carbocycles. The first kappa shape index (κ1) is 14.1. The number of nitrogens with two attached hydrogens (primary N) is 1. The van der Waals surface area contributed by atoms with Gasteiger partial charge in [-0.1, -0.05) is 29.8 Å². The third kappa shape index (κ3) is 2.80. The molecule has 0 radical (unpaired) electrons. The molecule has 0 unspecified atom stereocenters. The predicted molar refractivity (Wildman–Crippen MR) is 85.2 cm³/mol. The highest BCUT2D eigenvalue weighted by Gasteiger charge is 2.08. The average Bonchev–Trinajstić information content (AvgIpc) is 2.87. The minimum atomic E-state index is -0.347. The summed E-state index contributed by atoms with van der Waals surface area (Å²) in [5.41, 5.74) is 8.47. The molecule has 3 aromatic rings. The molecule has 0 bridgehead atoms. The topological polar surface area (TPSA) is 30.9 Å². The van der Waals surface area contributed by atoms with Crippen LogP contribution in [0, 0.1) is 5.82 Å². The molecule has 1 heterocycles. The lowest BCUT2D eigenvalue weighted by atomic mass is 10.1. The van der Waals surface area contributed by atoms with Gasteiger partial charge in [-0.25, -0.2) is 4.39 Å². The molecule has 4 heteroatoms. The van der Waals surface area contributed by atoms with Gasteiger partial charge in [0.25, 0.3) is 0 Å². The molecule has 0 spiro atoms. The first-order chi connectivity index (χ1) is 10.2. The van der Waals surface area contributed by atoms with E-state index in [0.29, 0.717) is 18.7 Å². The summed E-state index contributed by atoms with van der Waals surface area (Å²) >= 11 is 5.83. The highest BCUT2D eigenvalue weighted by atomic mass is 35.5. The fourth-order valence-corrected chi connectivity index (χ4v) is 2.76. The van der Waals surface area contributed by atoms with Crippen LogP contribution in [0.4, 0.5) is 4.39 Å². The summed E-state index contributed by atoms with van der Waals surface area (Å²) in [5, 5.41) is 1.30. The molecule has 0 saturated heterocycles. The van der Waals surface area contributed by atoms with Crippen molar-refractivity contribution in [1.82, 2.24) is 4.57 Å². The van der Waals surface area contributed by atoms with Gasteiger partial charge in [0.1, 0.15) is 5.82 Å². The Morgan fingerprint density at radius 1 is 1.14 bits per heavy atom. The quantitative estimate of drug-likeness (QED) is 0.776. The molecule has 3 rings (SSSR count). The molecule has 0 saturated carbocycles. The molecular formula is C17H16ClFN2. The van der Waals surface area contributed by atoms with E-state index in [2.05, 4.69) is 18.2 Å². The Morgan fingerprint density at radius 2 is 2.00 bits per heavy atom. The zero-order valence-electron chi connectivity index (χ0n) is 11.5. The second-order valence-electron chi connectivity index (χ2n) is 5.09. The summed E-state index contributed by atoms with van der Waals surface area (Å²) in [6.07, 6.45) is 2.83. The summed E-state index contributed by atoms with van der Waals surface area (Å²) < 4.78 is 16.0. The SMILES string of the molecule is NCCc1ccc2c(ccn2Cc2cccc(Cl)c2F)c1. The molecule has 108 valence electrons. The average molecular weight is 303 g/mol. The van der Waals surface area contributed by atoms with Crippen molar-refractivity contribution in [2.75, 3.05) is 6.54 Å². The Bertz CT molecular complexity index is 780. The molecule has 0 amide bonds. The Balaban J connectivity index is 1.96. The van der Waals surface area contributed by atoms with Crippen molar-refractivity contribution < 1.29 is 4.39 Å². The number of aromatic nitrogens is 1. The van der Waals surface area contributed by atoms with Gasteiger partial charge in [0.15, 0.2) is 0 Å². The van der Waals surface area contributed by atoms with Gasteiger partial charge in [0.05, 0.1) is 11.6 Å². The summed E-state index contributed by atoms with van der Waals surface area (Å²) in [4.78, 5) is 0. The lowest BCUT2D eigenvalue weighted by Crippen LogP contribution is -2.03. The van der Waals surface area contributed by atoms with Gasteiger partial charge in [0.2, 0.25) is 0 Å². The fraction of sp³-hybridized carbons (Fsp3) is 0.176. The summed E-state index contributed by atoms with van der Waals surface area (Å²) in [5.74, 6) is -0.347. The van der Waals surface area contributed by atoms with Crippen LogP contribution < -0.4 is 5.73 Å². The van der Waals surface area contributed by atoms with Gasteiger partial charge in [-0.05, 0) is 48.2 Å². The van der Waals surface area contributed by atoms with Crippen LogP contribution in [0.25, 0.3) is 10.9 Å². The van der Waals surface area contributed by atoms with Gasteiger partial charge in [-0.3, -0.25) is 0 Å². The monoisotopic (exact) mass is 302 g/mol. The van der Waals surface area contributed by atoms with E-state index < -0.39 is 0 Å². The second kappa shape index (κ2) is 5.88. The maximum atomic E-state index is 14.0. The summed E-state index contributed by atoms with van der Waals surface area (Å²) in [6, 6.07) is 13.4. The van der Waals surface area contributed by atoms with Crippen LogP contribution in [0.5, 0.6) is 0 Å². The standard InChI is InChI=1S/C17H16ClFN2/c18-15-3-1-2-14(17(15)19)11-21-9-7-13-10-12(6-8-20)4-5-16(13)21/h1-5,7,9-10H,6,8,11,20H2. The van der Waals surface area contributed by atoms with Crippen LogP contribution in [0.15, 0.2) is 48.7 Å². The van der Waals surface area contributed by atoms with Crippen LogP contribution >= 0.6 is 11.6 Å². The molecule has 0 aliphatic heterocycles. The summed E-state index contributed by atoms with van der Waals surface area (Å²) in [6.45, 7) is 1.10. The van der Waals surface area contributed by atoms with Crippen molar-refractivity contribution in [3.8, 4) is 0 Å². The van der Waals surface area contributed by atoms with Crippen molar-refractivity contribution in [2.45, 2.75) is 13.0 Å². The van der Waals surface area contributed by atoms with Crippen molar-refractivity contribution in [1.29, 1.82) is 0 Å². The zero-order chi connectivity index (χ0) is 14.8. The smallest absolute Gasteiger partial charge is 0.146 e. The molecular weight excluding hydrogens is 287 g/mol. The minimum absolute atomic E-state index is 0.161. The van der Waals surface area contributed by atoms with Gasteiger partial charge in [-0.15, -0.1) is 0 Å². The molecule has 2 aromatic carbocycles. The molecule has 21 heavy (non-hydrogen) atoms. The zero-order valence-corrected chi connectivity index (χ0v) is 12.3. The van der Waals surface area contributed by atoms with Crippen molar-refractivity contribution in [2.24, 2.45) is 5.73 Å². The first-order valence-electron chi connectivity index (χ1n) is 6.90. The number of fused-ring (bicyclic) bond motifs is 1. The van der Waals surface area contributed by atoms with Crippen LogP contribution in [-0.4, -0.2) is 11.1 Å². The molecule has 0 atom stereocenters. The van der Waals surface area contributed by atoms with Crippen LogP contribution in [0.3, 0.4) is 0 Å². The van der Waals surface area contributed by atoms with Gasteiger partial charge in [-0.2, -0.15) is 0 Å². The van der Waals surface area contributed by atoms with Gasteiger partial charge in [0, 0.05) is 17.3 Å². The van der Waals surface area contributed by atoms with E-state index in [-0.39, 0.29) is 10.8 Å². The fourth-order valence-electron chi connectivity index (χ4n) is 2.56. The van der Waals surface area contributed by atoms with Gasteiger partial charge < -0.3 is 10.3 Å².